The summed E-state index contributed by atoms with van der Waals surface area (Å²) in [4.78, 5) is 63.3. The number of aliphatic hydroxyl groups is 1. The normalized spacial score (nSPS) is 17.9. The van der Waals surface area contributed by atoms with E-state index >= 15 is 0 Å². The van der Waals surface area contributed by atoms with E-state index < -0.39 is 60.5 Å². The van der Waals surface area contributed by atoms with Gasteiger partial charge in [0.05, 0.1) is 12.5 Å². The number of nitrogens with one attached hydrogen (secondary N) is 2. The number of benzene rings is 2. The molecule has 3 rings (SSSR count). The Bertz CT molecular complexity index is 1160. The average Bonchev–Trinajstić information content (AvgIpc) is 3.32. The predicted molar refractivity (Wildman–Crippen MR) is 136 cm³/mol. The van der Waals surface area contributed by atoms with Crippen LogP contribution < -0.4 is 10.6 Å². The first kappa shape index (κ1) is 29.1. The van der Waals surface area contributed by atoms with Crippen LogP contribution >= 0.6 is 0 Å². The zero-order valence-electron chi connectivity index (χ0n) is 21.3. The van der Waals surface area contributed by atoms with Crippen LogP contribution in [0.1, 0.15) is 30.9 Å². The van der Waals surface area contributed by atoms with Gasteiger partial charge in [-0.3, -0.25) is 14.4 Å². The molecule has 1 aliphatic heterocycles. The van der Waals surface area contributed by atoms with E-state index in [9.17, 15) is 34.2 Å². The summed E-state index contributed by atoms with van der Waals surface area (Å²) in [5.41, 5.74) is 1.43. The third-order valence-electron chi connectivity index (χ3n) is 5.99. The van der Waals surface area contributed by atoms with Gasteiger partial charge in [-0.1, -0.05) is 60.7 Å². The number of amides is 3. The second kappa shape index (κ2) is 13.9. The number of aliphatic hydroxyl groups excluding tert-OH is 1. The van der Waals surface area contributed by atoms with Crippen LogP contribution in [0.25, 0.3) is 0 Å². The number of hydrogen-bond acceptors (Lipinski definition) is 8. The van der Waals surface area contributed by atoms with E-state index in [0.29, 0.717) is 5.56 Å². The molecule has 208 valence electrons. The molecule has 0 saturated carbocycles. The summed E-state index contributed by atoms with van der Waals surface area (Å²) in [6.45, 7) is 1.08. The lowest BCUT2D eigenvalue weighted by Crippen LogP contribution is -2.55. The summed E-state index contributed by atoms with van der Waals surface area (Å²) >= 11 is 0. The summed E-state index contributed by atoms with van der Waals surface area (Å²) in [6.07, 6.45) is -2.76. The standard InChI is InChI=1S/C27H31N3O9/c1-17(28-27(37)39-16-19-10-6-3-7-11-19)25(35)30-14-20(31)12-22(30)24(34)29-21(13-23(32)33)26(36)38-15-18-8-4-2-5-9-18/h2-11,17,20-22,31H,12-16H2,1H3,(H,28,37)(H,29,34)(H,32,33)/t17-,20-,21-,22-/m0/s1. The number of carbonyl (C=O) groups is 5. The van der Waals surface area contributed by atoms with E-state index in [0.717, 1.165) is 10.5 Å². The largest absolute Gasteiger partial charge is 0.481 e. The third-order valence-corrected chi connectivity index (χ3v) is 5.99. The lowest BCUT2D eigenvalue weighted by molar-refractivity contribution is -0.153. The maximum atomic E-state index is 13.1. The van der Waals surface area contributed by atoms with Crippen molar-refractivity contribution in [2.45, 2.75) is 57.2 Å². The highest BCUT2D eigenvalue weighted by molar-refractivity contribution is 5.94. The van der Waals surface area contributed by atoms with Gasteiger partial charge in [0.15, 0.2) is 0 Å². The summed E-state index contributed by atoms with van der Waals surface area (Å²) in [6, 6.07) is 13.8. The Morgan fingerprint density at radius 2 is 1.49 bits per heavy atom. The number of nitrogens with zero attached hydrogens (tertiary/aromatic N) is 1. The fraction of sp³-hybridized carbons (Fsp3) is 0.370. The highest BCUT2D eigenvalue weighted by Gasteiger charge is 2.42. The number of rotatable bonds is 11. The maximum Gasteiger partial charge on any atom is 0.408 e. The van der Waals surface area contributed by atoms with Crippen molar-refractivity contribution in [2.75, 3.05) is 6.54 Å². The van der Waals surface area contributed by atoms with E-state index in [-0.39, 0.29) is 26.2 Å². The second-order valence-corrected chi connectivity index (χ2v) is 9.08. The molecule has 12 heteroatoms. The highest BCUT2D eigenvalue weighted by Crippen LogP contribution is 2.20. The predicted octanol–water partition coefficient (Wildman–Crippen LogP) is 0.966. The summed E-state index contributed by atoms with van der Waals surface area (Å²) in [5, 5.41) is 24.1. The van der Waals surface area contributed by atoms with Gasteiger partial charge < -0.3 is 35.2 Å². The highest BCUT2D eigenvalue weighted by atomic mass is 16.5. The number of carboxylic acids is 1. The first-order valence-corrected chi connectivity index (χ1v) is 12.3. The molecule has 39 heavy (non-hydrogen) atoms. The number of esters is 1. The van der Waals surface area contributed by atoms with Crippen molar-refractivity contribution in [3.63, 3.8) is 0 Å². The minimum absolute atomic E-state index is 0.00756. The lowest BCUT2D eigenvalue weighted by Gasteiger charge is -2.27. The summed E-state index contributed by atoms with van der Waals surface area (Å²) in [7, 11) is 0. The lowest BCUT2D eigenvalue weighted by atomic mass is 10.1. The van der Waals surface area contributed by atoms with Crippen molar-refractivity contribution in [2.24, 2.45) is 0 Å². The third kappa shape index (κ3) is 8.82. The molecule has 0 aliphatic carbocycles. The zero-order valence-corrected chi connectivity index (χ0v) is 21.3. The SMILES string of the molecule is C[C@H](NC(=O)OCc1ccccc1)C(=O)N1C[C@@H](O)C[C@H]1C(=O)N[C@@H](CC(=O)O)C(=O)OCc1ccccc1. The number of alkyl carbamates (subject to hydrolysis) is 1. The number of likely N-dealkylation sites (tertiary alicyclic amines) is 1. The molecule has 1 fully saturated rings. The monoisotopic (exact) mass is 541 g/mol. The Balaban J connectivity index is 1.59. The van der Waals surface area contributed by atoms with Crippen molar-refractivity contribution in [3.8, 4) is 0 Å². The second-order valence-electron chi connectivity index (χ2n) is 9.08. The molecule has 12 nitrogen and oxygen atoms in total. The molecule has 4 atom stereocenters. The van der Waals surface area contributed by atoms with Gasteiger partial charge in [0.1, 0.15) is 31.3 Å². The Morgan fingerprint density at radius 3 is 2.05 bits per heavy atom. The van der Waals surface area contributed by atoms with Crippen LogP contribution in [0.4, 0.5) is 4.79 Å². The molecule has 4 N–H and O–H groups in total. The van der Waals surface area contributed by atoms with Crippen LogP contribution in [0, 0.1) is 0 Å². The minimum atomic E-state index is -1.52. The van der Waals surface area contributed by atoms with Crippen molar-refractivity contribution in [3.05, 3.63) is 71.8 Å². The summed E-state index contributed by atoms with van der Waals surface area (Å²) in [5.74, 6) is -3.79. The van der Waals surface area contributed by atoms with Crippen molar-refractivity contribution in [1.29, 1.82) is 0 Å². The fourth-order valence-electron chi connectivity index (χ4n) is 4.02. The molecular weight excluding hydrogens is 510 g/mol. The van der Waals surface area contributed by atoms with Gasteiger partial charge in [-0.2, -0.15) is 0 Å². The van der Waals surface area contributed by atoms with E-state index in [1.165, 1.54) is 6.92 Å². The average molecular weight is 542 g/mol. The van der Waals surface area contributed by atoms with Crippen molar-refractivity contribution < 1.29 is 43.7 Å². The van der Waals surface area contributed by atoms with Gasteiger partial charge in [0.2, 0.25) is 11.8 Å². The first-order chi connectivity index (χ1) is 18.6. The molecule has 1 saturated heterocycles. The molecule has 0 aromatic heterocycles. The van der Waals surface area contributed by atoms with Crippen LogP contribution in [0.3, 0.4) is 0 Å². The van der Waals surface area contributed by atoms with Gasteiger partial charge in [0.25, 0.3) is 0 Å². The van der Waals surface area contributed by atoms with E-state index in [1.54, 1.807) is 54.6 Å². The Morgan fingerprint density at radius 1 is 0.923 bits per heavy atom. The Labute approximate surface area is 224 Å². The van der Waals surface area contributed by atoms with Crippen LogP contribution in [0.2, 0.25) is 0 Å². The van der Waals surface area contributed by atoms with Gasteiger partial charge in [0, 0.05) is 13.0 Å². The van der Waals surface area contributed by atoms with Gasteiger partial charge >= 0.3 is 18.0 Å². The number of β-amino-alcohol motifs (C(OH)–C–C–N with tert-alkyl or cyclic N) is 1. The fourth-order valence-corrected chi connectivity index (χ4v) is 4.02. The molecular formula is C27H31N3O9. The van der Waals surface area contributed by atoms with E-state index in [1.807, 2.05) is 6.07 Å². The first-order valence-electron chi connectivity index (χ1n) is 12.3. The van der Waals surface area contributed by atoms with Crippen LogP contribution in [-0.4, -0.2) is 75.7 Å². The molecule has 2 aromatic carbocycles. The number of carboxylic acid groups (broad SMARTS) is 1. The molecule has 1 aliphatic rings. The van der Waals surface area contributed by atoms with Crippen molar-refractivity contribution in [1.82, 2.24) is 15.5 Å². The molecule has 2 aromatic rings. The Kier molecular flexibility index (Phi) is 10.4. The quantitative estimate of drug-likeness (QED) is 0.303. The number of ether oxygens (including phenoxy) is 2. The zero-order chi connectivity index (χ0) is 28.4. The molecule has 0 unspecified atom stereocenters. The number of hydrogen-bond donors (Lipinski definition) is 4. The molecule has 0 radical (unpaired) electrons. The van der Waals surface area contributed by atoms with E-state index in [2.05, 4.69) is 10.6 Å². The smallest absolute Gasteiger partial charge is 0.408 e. The van der Waals surface area contributed by atoms with Crippen LogP contribution in [-0.2, 0) is 41.9 Å². The maximum absolute atomic E-state index is 13.1. The summed E-state index contributed by atoms with van der Waals surface area (Å²) < 4.78 is 10.3. The molecule has 3 amide bonds. The topological polar surface area (TPSA) is 172 Å². The number of carbonyl (C=O) groups excluding carboxylic acids is 4. The number of aliphatic carboxylic acids is 1. The van der Waals surface area contributed by atoms with Crippen molar-refractivity contribution >= 4 is 29.8 Å². The molecule has 0 bridgehead atoms. The Hall–Kier alpha value is -4.45. The van der Waals surface area contributed by atoms with Crippen LogP contribution in [0.5, 0.6) is 0 Å². The van der Waals surface area contributed by atoms with Gasteiger partial charge in [-0.15, -0.1) is 0 Å². The van der Waals surface area contributed by atoms with Crippen LogP contribution in [0.15, 0.2) is 60.7 Å². The van der Waals surface area contributed by atoms with Gasteiger partial charge in [-0.05, 0) is 18.1 Å². The molecule has 0 spiro atoms. The van der Waals surface area contributed by atoms with Gasteiger partial charge in [-0.25, -0.2) is 9.59 Å². The minimum Gasteiger partial charge on any atom is -0.481 e. The van der Waals surface area contributed by atoms with E-state index in [4.69, 9.17) is 9.47 Å². The molecule has 1 heterocycles.